The van der Waals surface area contributed by atoms with Crippen LogP contribution in [-0.4, -0.2) is 36.4 Å². The molecule has 0 atom stereocenters. The van der Waals surface area contributed by atoms with Crippen molar-refractivity contribution in [2.45, 2.75) is 84.5 Å². The van der Waals surface area contributed by atoms with Gasteiger partial charge in [-0.05, 0) is 56.4 Å². The molecule has 0 unspecified atom stereocenters. The lowest BCUT2D eigenvalue weighted by Gasteiger charge is -2.07. The minimum atomic E-state index is 0.600. The second-order valence-electron chi connectivity index (χ2n) is 8.63. The van der Waals surface area contributed by atoms with Crippen molar-refractivity contribution in [3.8, 4) is 22.9 Å². The number of aromatic nitrogens is 2. The van der Waals surface area contributed by atoms with Crippen LogP contribution in [0.3, 0.4) is 0 Å². The van der Waals surface area contributed by atoms with Crippen molar-refractivity contribution in [1.29, 1.82) is 0 Å². The zero-order chi connectivity index (χ0) is 24.1. The highest BCUT2D eigenvalue weighted by molar-refractivity contribution is 5.56. The summed E-state index contributed by atoms with van der Waals surface area (Å²) in [6, 6.07) is 7.91. The molecular formula is C29H44N2O3. The van der Waals surface area contributed by atoms with Gasteiger partial charge in [0.15, 0.2) is 11.6 Å². The van der Waals surface area contributed by atoms with Crippen molar-refractivity contribution in [2.24, 2.45) is 0 Å². The van der Waals surface area contributed by atoms with Crippen LogP contribution in [0.25, 0.3) is 11.4 Å². The van der Waals surface area contributed by atoms with E-state index in [0.29, 0.717) is 24.8 Å². The maximum atomic E-state index is 5.82. The van der Waals surface area contributed by atoms with Gasteiger partial charge in [-0.2, -0.15) is 0 Å². The molecule has 5 heteroatoms. The van der Waals surface area contributed by atoms with E-state index in [1.807, 2.05) is 24.3 Å². The molecule has 188 valence electrons. The number of ether oxygens (including phenoxy) is 3. The Kier molecular flexibility index (Phi) is 15.5. The van der Waals surface area contributed by atoms with Gasteiger partial charge in [-0.1, -0.05) is 64.5 Å². The molecule has 0 aliphatic carbocycles. The van der Waals surface area contributed by atoms with Gasteiger partial charge in [0.1, 0.15) is 12.4 Å². The predicted molar refractivity (Wildman–Crippen MR) is 141 cm³/mol. The lowest BCUT2D eigenvalue weighted by atomic mass is 10.1. The minimum absolute atomic E-state index is 0.600. The number of hydrogen-bond acceptors (Lipinski definition) is 5. The van der Waals surface area contributed by atoms with E-state index in [1.54, 1.807) is 12.4 Å². The first-order valence-electron chi connectivity index (χ1n) is 13.2. The smallest absolute Gasteiger partial charge is 0.159 e. The van der Waals surface area contributed by atoms with E-state index >= 15 is 0 Å². The van der Waals surface area contributed by atoms with E-state index < -0.39 is 0 Å². The van der Waals surface area contributed by atoms with Gasteiger partial charge in [0.2, 0.25) is 0 Å². The largest absolute Gasteiger partial charge is 0.490 e. The Balaban J connectivity index is 1.60. The standard InChI is InChI=1S/C29H44N2O3/c1-3-5-6-7-8-9-10-11-12-13-22-33-27-18-16-26(17-19-27)29-30-24-28(25-31-29)34-23-15-14-21-32-20-4-2/h12-13,16-19,24-25H,3-11,14-15,20-23H2,1-2H3/b13-12+. The maximum Gasteiger partial charge on any atom is 0.159 e. The molecule has 5 nitrogen and oxygen atoms in total. The van der Waals surface area contributed by atoms with E-state index in [9.17, 15) is 0 Å². The molecule has 1 aromatic carbocycles. The van der Waals surface area contributed by atoms with Gasteiger partial charge in [-0.3, -0.25) is 0 Å². The molecule has 0 saturated heterocycles. The van der Waals surface area contributed by atoms with Crippen molar-refractivity contribution in [3.63, 3.8) is 0 Å². The topological polar surface area (TPSA) is 53.5 Å². The first-order valence-corrected chi connectivity index (χ1v) is 13.2. The number of hydrogen-bond donors (Lipinski definition) is 0. The van der Waals surface area contributed by atoms with Crippen LogP contribution in [-0.2, 0) is 4.74 Å². The Morgan fingerprint density at radius 3 is 2.09 bits per heavy atom. The zero-order valence-electron chi connectivity index (χ0n) is 21.3. The predicted octanol–water partition coefficient (Wildman–Crippen LogP) is 7.80. The minimum Gasteiger partial charge on any atom is -0.490 e. The summed E-state index contributed by atoms with van der Waals surface area (Å²) in [6.07, 6.45) is 21.4. The summed E-state index contributed by atoms with van der Waals surface area (Å²) in [5, 5.41) is 0. The molecular weight excluding hydrogens is 424 g/mol. The highest BCUT2D eigenvalue weighted by Gasteiger charge is 2.03. The van der Waals surface area contributed by atoms with Gasteiger partial charge >= 0.3 is 0 Å². The fourth-order valence-electron chi connectivity index (χ4n) is 3.53. The van der Waals surface area contributed by atoms with Gasteiger partial charge in [0.05, 0.1) is 19.0 Å². The Bertz CT molecular complexity index is 760. The Morgan fingerprint density at radius 2 is 1.35 bits per heavy atom. The van der Waals surface area contributed by atoms with Gasteiger partial charge in [-0.25, -0.2) is 9.97 Å². The second-order valence-corrected chi connectivity index (χ2v) is 8.63. The molecule has 1 aromatic heterocycles. The molecule has 0 radical (unpaired) electrons. The van der Waals surface area contributed by atoms with Crippen molar-refractivity contribution in [1.82, 2.24) is 9.97 Å². The first-order chi connectivity index (χ1) is 16.8. The summed E-state index contributed by atoms with van der Waals surface area (Å²) >= 11 is 0. The van der Waals surface area contributed by atoms with Crippen molar-refractivity contribution in [3.05, 3.63) is 48.8 Å². The van der Waals surface area contributed by atoms with E-state index in [1.165, 1.54) is 44.9 Å². The molecule has 0 aliphatic rings. The molecule has 0 amide bonds. The summed E-state index contributed by atoms with van der Waals surface area (Å²) in [6.45, 7) is 7.26. The summed E-state index contributed by atoms with van der Waals surface area (Å²) in [5.74, 6) is 2.23. The zero-order valence-corrected chi connectivity index (χ0v) is 21.3. The van der Waals surface area contributed by atoms with Crippen LogP contribution < -0.4 is 9.47 Å². The lowest BCUT2D eigenvalue weighted by molar-refractivity contribution is 0.127. The molecule has 0 aliphatic heterocycles. The molecule has 0 bridgehead atoms. The molecule has 0 spiro atoms. The van der Waals surface area contributed by atoms with Gasteiger partial charge in [0.25, 0.3) is 0 Å². The number of benzene rings is 1. The van der Waals surface area contributed by atoms with Crippen molar-refractivity contribution >= 4 is 0 Å². The number of allylic oxidation sites excluding steroid dienone is 1. The average molecular weight is 469 g/mol. The Hall–Kier alpha value is -2.40. The monoisotopic (exact) mass is 468 g/mol. The van der Waals surface area contributed by atoms with Crippen LogP contribution in [0.1, 0.15) is 84.5 Å². The summed E-state index contributed by atoms with van der Waals surface area (Å²) in [4.78, 5) is 8.87. The number of nitrogens with zero attached hydrogens (tertiary/aromatic N) is 2. The van der Waals surface area contributed by atoms with Crippen LogP contribution in [0.4, 0.5) is 0 Å². The van der Waals surface area contributed by atoms with Crippen molar-refractivity contribution in [2.75, 3.05) is 26.4 Å². The lowest BCUT2D eigenvalue weighted by Crippen LogP contribution is -2.02. The van der Waals surface area contributed by atoms with E-state index in [2.05, 4.69) is 36.0 Å². The molecule has 2 rings (SSSR count). The van der Waals surface area contributed by atoms with Crippen molar-refractivity contribution < 1.29 is 14.2 Å². The second kappa shape index (κ2) is 19.0. The van der Waals surface area contributed by atoms with E-state index in [0.717, 1.165) is 50.2 Å². The summed E-state index contributed by atoms with van der Waals surface area (Å²) in [7, 11) is 0. The highest BCUT2D eigenvalue weighted by Crippen LogP contribution is 2.20. The number of rotatable bonds is 20. The third-order valence-electron chi connectivity index (χ3n) is 5.53. The van der Waals surface area contributed by atoms with E-state index in [-0.39, 0.29) is 0 Å². The molecule has 34 heavy (non-hydrogen) atoms. The summed E-state index contributed by atoms with van der Waals surface area (Å²) < 4.78 is 17.0. The van der Waals surface area contributed by atoms with Gasteiger partial charge in [-0.15, -0.1) is 0 Å². The molecule has 0 N–H and O–H groups in total. The van der Waals surface area contributed by atoms with Gasteiger partial charge < -0.3 is 14.2 Å². The average Bonchev–Trinajstić information content (AvgIpc) is 2.87. The Morgan fingerprint density at radius 1 is 0.647 bits per heavy atom. The van der Waals surface area contributed by atoms with Crippen LogP contribution in [0.15, 0.2) is 48.8 Å². The highest BCUT2D eigenvalue weighted by atomic mass is 16.5. The number of unbranched alkanes of at least 4 members (excludes halogenated alkanes) is 8. The van der Waals surface area contributed by atoms with Crippen LogP contribution in [0.2, 0.25) is 0 Å². The molecule has 1 heterocycles. The molecule has 2 aromatic rings. The normalized spacial score (nSPS) is 11.2. The molecule has 0 fully saturated rings. The van der Waals surface area contributed by atoms with Gasteiger partial charge in [0, 0.05) is 18.8 Å². The SMILES string of the molecule is CCCCCCCCC/C=C/COc1ccc(-c2ncc(OCCCCOCCC)cn2)cc1. The summed E-state index contributed by atoms with van der Waals surface area (Å²) in [5.41, 5.74) is 0.960. The maximum absolute atomic E-state index is 5.82. The van der Waals surface area contributed by atoms with E-state index in [4.69, 9.17) is 14.2 Å². The molecule has 0 saturated carbocycles. The quantitative estimate of drug-likeness (QED) is 0.146. The van der Waals surface area contributed by atoms with Crippen LogP contribution >= 0.6 is 0 Å². The Labute approximate surface area is 207 Å². The van der Waals surface area contributed by atoms with Crippen LogP contribution in [0.5, 0.6) is 11.5 Å². The third kappa shape index (κ3) is 12.7. The third-order valence-corrected chi connectivity index (χ3v) is 5.53. The fraction of sp³-hybridized carbons (Fsp3) is 0.586. The first kappa shape index (κ1) is 27.8. The fourth-order valence-corrected chi connectivity index (χ4v) is 3.53. The van der Waals surface area contributed by atoms with Crippen LogP contribution in [0, 0.1) is 0 Å².